The molecule has 10 nitrogen and oxygen atoms in total. The fourth-order valence-corrected chi connectivity index (χ4v) is 4.28. The quantitative estimate of drug-likeness (QED) is 0.403. The molecule has 0 radical (unpaired) electrons. The number of benzene rings is 2. The molecule has 0 bridgehead atoms. The monoisotopic (exact) mass is 486 g/mol. The highest BCUT2D eigenvalue weighted by molar-refractivity contribution is 6.05. The van der Waals surface area contributed by atoms with Gasteiger partial charge in [0.1, 0.15) is 5.82 Å². The lowest BCUT2D eigenvalue weighted by Gasteiger charge is -2.14. The summed E-state index contributed by atoms with van der Waals surface area (Å²) in [6.45, 7) is 3.60. The Balaban J connectivity index is 1.31. The Morgan fingerprint density at radius 2 is 1.61 bits per heavy atom. The summed E-state index contributed by atoms with van der Waals surface area (Å²) >= 11 is 0. The fraction of sp³-hybridized carbons (Fsp3) is 0.308. The SMILES string of the molecule is CC(C)n1nc(C(=O)NNC(=O)CCc2nc3ccccc3c(=O)n2C2CC2)c2ccccc2c1=O. The van der Waals surface area contributed by atoms with E-state index < -0.39 is 11.8 Å². The first-order valence-electron chi connectivity index (χ1n) is 12.0. The lowest BCUT2D eigenvalue weighted by atomic mass is 10.1. The summed E-state index contributed by atoms with van der Waals surface area (Å²) in [5.41, 5.74) is 5.07. The van der Waals surface area contributed by atoms with Crippen molar-refractivity contribution in [1.29, 1.82) is 0 Å². The maximum absolute atomic E-state index is 13.0. The molecule has 2 amide bonds. The summed E-state index contributed by atoms with van der Waals surface area (Å²) in [5, 5.41) is 5.58. The minimum atomic E-state index is -0.632. The predicted octanol–water partition coefficient (Wildman–Crippen LogP) is 2.42. The molecule has 2 aromatic heterocycles. The molecule has 0 unspecified atom stereocenters. The largest absolute Gasteiger partial charge is 0.293 e. The summed E-state index contributed by atoms with van der Waals surface area (Å²) in [6, 6.07) is 13.8. The fourth-order valence-electron chi connectivity index (χ4n) is 4.28. The van der Waals surface area contributed by atoms with Crippen LogP contribution >= 0.6 is 0 Å². The molecule has 1 aliphatic rings. The van der Waals surface area contributed by atoms with Crippen LogP contribution in [0.3, 0.4) is 0 Å². The number of aromatic nitrogens is 4. The van der Waals surface area contributed by atoms with Gasteiger partial charge in [0.25, 0.3) is 17.0 Å². The second-order valence-electron chi connectivity index (χ2n) is 9.19. The highest BCUT2D eigenvalue weighted by Gasteiger charge is 2.28. The normalized spacial score (nSPS) is 13.3. The van der Waals surface area contributed by atoms with E-state index in [-0.39, 0.29) is 41.7 Å². The molecule has 2 aromatic carbocycles. The van der Waals surface area contributed by atoms with Gasteiger partial charge in [0, 0.05) is 24.3 Å². The molecule has 0 spiro atoms. The topological polar surface area (TPSA) is 128 Å². The van der Waals surface area contributed by atoms with E-state index in [1.54, 1.807) is 54.8 Å². The third-order valence-corrected chi connectivity index (χ3v) is 6.22. The van der Waals surface area contributed by atoms with Crippen molar-refractivity contribution in [2.45, 2.75) is 51.6 Å². The average molecular weight is 487 g/mol. The van der Waals surface area contributed by atoms with Crippen molar-refractivity contribution < 1.29 is 9.59 Å². The van der Waals surface area contributed by atoms with Crippen LogP contribution in [-0.2, 0) is 11.2 Å². The van der Waals surface area contributed by atoms with Gasteiger partial charge in [-0.3, -0.25) is 34.6 Å². The summed E-state index contributed by atoms with van der Waals surface area (Å²) in [5.74, 6) is -0.512. The number of hydrogen-bond donors (Lipinski definition) is 2. The summed E-state index contributed by atoms with van der Waals surface area (Å²) in [7, 11) is 0. The zero-order valence-corrected chi connectivity index (χ0v) is 20.0. The number of carbonyl (C=O) groups excluding carboxylic acids is 2. The lowest BCUT2D eigenvalue weighted by Crippen LogP contribution is -2.43. The van der Waals surface area contributed by atoms with E-state index in [9.17, 15) is 19.2 Å². The molecule has 10 heteroatoms. The number of fused-ring (bicyclic) bond motifs is 2. The molecule has 5 rings (SSSR count). The van der Waals surface area contributed by atoms with E-state index in [0.717, 1.165) is 12.8 Å². The Morgan fingerprint density at radius 1 is 0.944 bits per heavy atom. The minimum absolute atomic E-state index is 0.0252. The maximum Gasteiger partial charge on any atom is 0.290 e. The number of aryl methyl sites for hydroxylation is 1. The van der Waals surface area contributed by atoms with Crippen molar-refractivity contribution in [2.24, 2.45) is 0 Å². The lowest BCUT2D eigenvalue weighted by molar-refractivity contribution is -0.121. The molecule has 1 saturated carbocycles. The first kappa shape index (κ1) is 23.4. The number of nitrogens with one attached hydrogen (secondary N) is 2. The van der Waals surface area contributed by atoms with Crippen LogP contribution in [0.1, 0.15) is 61.5 Å². The van der Waals surface area contributed by atoms with Crippen LogP contribution in [0.25, 0.3) is 21.7 Å². The maximum atomic E-state index is 13.0. The highest BCUT2D eigenvalue weighted by Crippen LogP contribution is 2.34. The number of hydrogen-bond acceptors (Lipinski definition) is 6. The van der Waals surface area contributed by atoms with E-state index in [0.29, 0.717) is 27.5 Å². The Labute approximate surface area is 205 Å². The number of nitrogens with zero attached hydrogens (tertiary/aromatic N) is 4. The number of rotatable bonds is 6. The van der Waals surface area contributed by atoms with E-state index in [4.69, 9.17) is 0 Å². The molecule has 2 heterocycles. The molecule has 0 aliphatic heterocycles. The van der Waals surface area contributed by atoms with Crippen LogP contribution < -0.4 is 22.0 Å². The van der Waals surface area contributed by atoms with Crippen molar-refractivity contribution >= 4 is 33.5 Å². The van der Waals surface area contributed by atoms with Gasteiger partial charge in [0.2, 0.25) is 5.91 Å². The summed E-state index contributed by atoms with van der Waals surface area (Å²) < 4.78 is 2.95. The second kappa shape index (κ2) is 9.37. The van der Waals surface area contributed by atoms with Crippen molar-refractivity contribution in [3.05, 3.63) is 80.8 Å². The van der Waals surface area contributed by atoms with Gasteiger partial charge in [-0.1, -0.05) is 30.3 Å². The summed E-state index contributed by atoms with van der Waals surface area (Å²) in [6.07, 6.45) is 2.10. The van der Waals surface area contributed by atoms with Gasteiger partial charge < -0.3 is 0 Å². The Morgan fingerprint density at radius 3 is 2.31 bits per heavy atom. The number of amides is 2. The minimum Gasteiger partial charge on any atom is -0.293 e. The summed E-state index contributed by atoms with van der Waals surface area (Å²) in [4.78, 5) is 55.8. The first-order chi connectivity index (χ1) is 17.3. The van der Waals surface area contributed by atoms with E-state index in [1.807, 2.05) is 12.1 Å². The molecular formula is C26H26N6O4. The van der Waals surface area contributed by atoms with Crippen molar-refractivity contribution in [3.63, 3.8) is 0 Å². The van der Waals surface area contributed by atoms with E-state index in [1.165, 1.54) is 4.68 Å². The zero-order chi connectivity index (χ0) is 25.4. The van der Waals surface area contributed by atoms with Gasteiger partial charge in [-0.25, -0.2) is 9.67 Å². The van der Waals surface area contributed by atoms with Crippen molar-refractivity contribution in [1.82, 2.24) is 30.2 Å². The zero-order valence-electron chi connectivity index (χ0n) is 20.0. The third kappa shape index (κ3) is 4.37. The molecule has 36 heavy (non-hydrogen) atoms. The van der Waals surface area contributed by atoms with Crippen LogP contribution in [0.2, 0.25) is 0 Å². The number of carbonyl (C=O) groups is 2. The Kier molecular flexibility index (Phi) is 6.09. The molecular weight excluding hydrogens is 460 g/mol. The Bertz CT molecular complexity index is 1620. The third-order valence-electron chi connectivity index (χ3n) is 6.22. The molecule has 1 aliphatic carbocycles. The molecule has 0 saturated heterocycles. The van der Waals surface area contributed by atoms with Gasteiger partial charge >= 0.3 is 0 Å². The van der Waals surface area contributed by atoms with Crippen LogP contribution in [-0.4, -0.2) is 31.1 Å². The Hall–Kier alpha value is -4.34. The van der Waals surface area contributed by atoms with Gasteiger partial charge in [0.15, 0.2) is 5.69 Å². The average Bonchev–Trinajstić information content (AvgIpc) is 3.71. The van der Waals surface area contributed by atoms with Gasteiger partial charge in [0.05, 0.1) is 22.3 Å². The molecule has 2 N–H and O–H groups in total. The van der Waals surface area contributed by atoms with Gasteiger partial charge in [-0.2, -0.15) is 5.10 Å². The standard InChI is InChI=1S/C26H26N6O4/c1-15(2)32-26(36)18-8-4-3-7-17(18)23(30-32)24(34)29-28-22(33)14-13-21-27-20-10-6-5-9-19(20)25(35)31(21)16-11-12-16/h3-10,15-16H,11-14H2,1-2H3,(H,28,33)(H,29,34). The van der Waals surface area contributed by atoms with E-state index >= 15 is 0 Å². The van der Waals surface area contributed by atoms with Crippen molar-refractivity contribution in [3.8, 4) is 0 Å². The van der Waals surface area contributed by atoms with Crippen LogP contribution in [0, 0.1) is 0 Å². The van der Waals surface area contributed by atoms with Gasteiger partial charge in [-0.15, -0.1) is 0 Å². The van der Waals surface area contributed by atoms with Crippen molar-refractivity contribution in [2.75, 3.05) is 0 Å². The number of hydrazine groups is 1. The smallest absolute Gasteiger partial charge is 0.290 e. The molecule has 4 aromatic rings. The molecule has 0 atom stereocenters. The van der Waals surface area contributed by atoms with Crippen LogP contribution in [0.4, 0.5) is 0 Å². The molecule has 184 valence electrons. The molecule has 1 fully saturated rings. The number of para-hydroxylation sites is 1. The first-order valence-corrected chi connectivity index (χ1v) is 12.0. The van der Waals surface area contributed by atoms with Crippen LogP contribution in [0.15, 0.2) is 58.1 Å². The highest BCUT2D eigenvalue weighted by atomic mass is 16.2. The van der Waals surface area contributed by atoms with Crippen LogP contribution in [0.5, 0.6) is 0 Å². The van der Waals surface area contributed by atoms with Gasteiger partial charge in [-0.05, 0) is 44.9 Å². The predicted molar refractivity (Wildman–Crippen MR) is 135 cm³/mol. The van der Waals surface area contributed by atoms with E-state index in [2.05, 4.69) is 20.9 Å². The second-order valence-corrected chi connectivity index (χ2v) is 9.19.